The van der Waals surface area contributed by atoms with Crippen molar-refractivity contribution in [1.82, 2.24) is 4.90 Å². The molecule has 1 aliphatic rings. The quantitative estimate of drug-likeness (QED) is 0.808. The summed E-state index contributed by atoms with van der Waals surface area (Å²) < 4.78 is 13.2. The number of rotatable bonds is 4. The number of para-hydroxylation sites is 1. The van der Waals surface area contributed by atoms with Crippen LogP contribution in [0, 0.1) is 5.82 Å². The van der Waals surface area contributed by atoms with Crippen LogP contribution in [0.15, 0.2) is 53.4 Å². The molecule has 0 unspecified atom stereocenters. The van der Waals surface area contributed by atoms with E-state index in [4.69, 9.17) is 11.6 Å². The summed E-state index contributed by atoms with van der Waals surface area (Å²) in [6.07, 6.45) is 1.50. The van der Waals surface area contributed by atoms with Gasteiger partial charge in [0.15, 0.2) is 0 Å². The van der Waals surface area contributed by atoms with E-state index in [-0.39, 0.29) is 16.8 Å². The molecule has 2 amide bonds. The second-order valence-electron chi connectivity index (χ2n) is 4.98. The number of hydrogen-bond acceptors (Lipinski definition) is 4. The number of benzene rings is 2. The molecule has 1 saturated heterocycles. The molecule has 0 aromatic heterocycles. The van der Waals surface area contributed by atoms with E-state index in [2.05, 4.69) is 5.32 Å². The molecule has 24 heavy (non-hydrogen) atoms. The standard InChI is InChI=1S/C17H12ClFN2O2S/c18-13-6-1-2-7-14(13)20-10-21-16(22)15(24-17(21)23)9-11-4-3-5-12(19)8-11/h1-9,20H,10H2. The van der Waals surface area contributed by atoms with Crippen LogP contribution in [0.2, 0.25) is 5.02 Å². The van der Waals surface area contributed by atoms with Gasteiger partial charge < -0.3 is 5.32 Å². The number of thioether (sulfide) groups is 1. The summed E-state index contributed by atoms with van der Waals surface area (Å²) >= 11 is 6.86. The molecular formula is C17H12ClFN2O2S. The number of carbonyl (C=O) groups is 2. The van der Waals surface area contributed by atoms with Crippen LogP contribution in [0.1, 0.15) is 5.56 Å². The van der Waals surface area contributed by atoms with E-state index >= 15 is 0 Å². The fourth-order valence-corrected chi connectivity index (χ4v) is 3.19. The Bertz CT molecular complexity index is 841. The zero-order chi connectivity index (χ0) is 17.1. The van der Waals surface area contributed by atoms with Crippen molar-refractivity contribution in [3.8, 4) is 0 Å². The number of amides is 2. The molecule has 0 spiro atoms. The van der Waals surface area contributed by atoms with E-state index in [0.29, 0.717) is 16.3 Å². The molecule has 0 atom stereocenters. The van der Waals surface area contributed by atoms with Gasteiger partial charge in [0.2, 0.25) is 0 Å². The van der Waals surface area contributed by atoms with Crippen LogP contribution in [0.3, 0.4) is 0 Å². The van der Waals surface area contributed by atoms with E-state index in [1.54, 1.807) is 36.4 Å². The minimum Gasteiger partial charge on any atom is -0.366 e. The van der Waals surface area contributed by atoms with Gasteiger partial charge in [-0.2, -0.15) is 0 Å². The Morgan fingerprint density at radius 2 is 1.96 bits per heavy atom. The van der Waals surface area contributed by atoms with E-state index in [9.17, 15) is 14.0 Å². The topological polar surface area (TPSA) is 49.4 Å². The maximum absolute atomic E-state index is 13.2. The molecule has 4 nitrogen and oxygen atoms in total. The molecule has 1 fully saturated rings. The number of halogens is 2. The van der Waals surface area contributed by atoms with Gasteiger partial charge in [0.1, 0.15) is 5.82 Å². The fraction of sp³-hybridized carbons (Fsp3) is 0.0588. The first-order chi connectivity index (χ1) is 11.5. The van der Waals surface area contributed by atoms with Crippen LogP contribution in [-0.2, 0) is 4.79 Å². The number of nitrogens with one attached hydrogen (secondary N) is 1. The third kappa shape index (κ3) is 3.60. The van der Waals surface area contributed by atoms with E-state index in [1.165, 1.54) is 18.2 Å². The molecule has 1 N–H and O–H groups in total. The van der Waals surface area contributed by atoms with E-state index in [1.807, 2.05) is 0 Å². The van der Waals surface area contributed by atoms with Crippen LogP contribution in [-0.4, -0.2) is 22.7 Å². The summed E-state index contributed by atoms with van der Waals surface area (Å²) in [6, 6.07) is 12.9. The molecule has 122 valence electrons. The SMILES string of the molecule is O=C1SC(=Cc2cccc(F)c2)C(=O)N1CNc1ccccc1Cl. The smallest absolute Gasteiger partial charge is 0.295 e. The number of carbonyl (C=O) groups excluding carboxylic acids is 2. The Balaban J connectivity index is 1.73. The zero-order valence-corrected chi connectivity index (χ0v) is 13.9. The Morgan fingerprint density at radius 1 is 1.17 bits per heavy atom. The number of hydrogen-bond donors (Lipinski definition) is 1. The molecular weight excluding hydrogens is 351 g/mol. The predicted molar refractivity (Wildman–Crippen MR) is 94.2 cm³/mol. The molecule has 7 heteroatoms. The van der Waals surface area contributed by atoms with Crippen LogP contribution >= 0.6 is 23.4 Å². The van der Waals surface area contributed by atoms with Gasteiger partial charge in [-0.05, 0) is 47.7 Å². The van der Waals surface area contributed by atoms with Crippen LogP contribution in [0.25, 0.3) is 6.08 Å². The van der Waals surface area contributed by atoms with Crippen molar-refractivity contribution in [3.05, 3.63) is 69.8 Å². The minimum atomic E-state index is -0.422. The monoisotopic (exact) mass is 362 g/mol. The Labute approximate surface area is 147 Å². The molecule has 0 saturated carbocycles. The second kappa shape index (κ2) is 7.07. The van der Waals surface area contributed by atoms with Gasteiger partial charge in [0, 0.05) is 0 Å². The number of imide groups is 1. The highest BCUT2D eigenvalue weighted by Gasteiger charge is 2.34. The molecule has 0 radical (unpaired) electrons. The number of anilines is 1. The highest BCUT2D eigenvalue weighted by atomic mass is 35.5. The summed E-state index contributed by atoms with van der Waals surface area (Å²) in [6.45, 7) is 0.00882. The summed E-state index contributed by atoms with van der Waals surface area (Å²) in [5.41, 5.74) is 1.16. The first-order valence-electron chi connectivity index (χ1n) is 7.04. The third-order valence-corrected chi connectivity index (χ3v) is 4.56. The maximum atomic E-state index is 13.2. The first kappa shape index (κ1) is 16.5. The highest BCUT2D eigenvalue weighted by Crippen LogP contribution is 2.32. The van der Waals surface area contributed by atoms with E-state index < -0.39 is 11.7 Å². The van der Waals surface area contributed by atoms with Crippen molar-refractivity contribution >= 4 is 46.3 Å². The lowest BCUT2D eigenvalue weighted by atomic mass is 10.2. The van der Waals surface area contributed by atoms with Gasteiger partial charge >= 0.3 is 0 Å². The lowest BCUT2D eigenvalue weighted by molar-refractivity contribution is -0.122. The Morgan fingerprint density at radius 3 is 2.71 bits per heavy atom. The number of nitrogens with zero attached hydrogens (tertiary/aromatic N) is 1. The van der Waals surface area contributed by atoms with Gasteiger partial charge in [-0.15, -0.1) is 0 Å². The normalized spacial score (nSPS) is 16.1. The van der Waals surface area contributed by atoms with Crippen LogP contribution < -0.4 is 5.32 Å². The lowest BCUT2D eigenvalue weighted by Gasteiger charge is -2.15. The molecule has 1 aliphatic heterocycles. The summed E-state index contributed by atoms with van der Waals surface area (Å²) in [7, 11) is 0. The fourth-order valence-electron chi connectivity index (χ4n) is 2.15. The average Bonchev–Trinajstić information content (AvgIpc) is 2.81. The summed E-state index contributed by atoms with van der Waals surface area (Å²) in [4.78, 5) is 25.7. The molecule has 1 heterocycles. The first-order valence-corrected chi connectivity index (χ1v) is 8.23. The molecule has 2 aromatic rings. The van der Waals surface area contributed by atoms with Gasteiger partial charge in [-0.25, -0.2) is 4.39 Å². The summed E-state index contributed by atoms with van der Waals surface area (Å²) in [5.74, 6) is -0.822. The van der Waals surface area contributed by atoms with Crippen molar-refractivity contribution in [2.24, 2.45) is 0 Å². The maximum Gasteiger partial charge on any atom is 0.295 e. The predicted octanol–water partition coefficient (Wildman–Crippen LogP) is 4.59. The molecule has 3 rings (SSSR count). The van der Waals surface area contributed by atoms with Crippen LogP contribution in [0.4, 0.5) is 14.9 Å². The Kier molecular flexibility index (Phi) is 4.87. The molecule has 2 aromatic carbocycles. The lowest BCUT2D eigenvalue weighted by Crippen LogP contribution is -2.33. The average molecular weight is 363 g/mol. The zero-order valence-electron chi connectivity index (χ0n) is 12.3. The van der Waals surface area contributed by atoms with Gasteiger partial charge in [-0.1, -0.05) is 35.9 Å². The molecule has 0 aliphatic carbocycles. The highest BCUT2D eigenvalue weighted by molar-refractivity contribution is 8.18. The third-order valence-electron chi connectivity index (χ3n) is 3.32. The summed E-state index contributed by atoms with van der Waals surface area (Å²) in [5, 5.41) is 3.07. The van der Waals surface area contributed by atoms with Gasteiger partial charge in [0.25, 0.3) is 11.1 Å². The van der Waals surface area contributed by atoms with Crippen molar-refractivity contribution in [1.29, 1.82) is 0 Å². The van der Waals surface area contributed by atoms with Gasteiger partial charge in [0.05, 0.1) is 22.3 Å². The van der Waals surface area contributed by atoms with Gasteiger partial charge in [-0.3, -0.25) is 14.5 Å². The Hall–Kier alpha value is -2.31. The van der Waals surface area contributed by atoms with Crippen molar-refractivity contribution in [2.45, 2.75) is 0 Å². The van der Waals surface area contributed by atoms with Crippen LogP contribution in [0.5, 0.6) is 0 Å². The molecule has 0 bridgehead atoms. The minimum absolute atomic E-state index is 0.00882. The van der Waals surface area contributed by atoms with Crippen molar-refractivity contribution in [3.63, 3.8) is 0 Å². The second-order valence-corrected chi connectivity index (χ2v) is 6.38. The largest absolute Gasteiger partial charge is 0.366 e. The van der Waals surface area contributed by atoms with Crippen molar-refractivity contribution in [2.75, 3.05) is 12.0 Å². The van der Waals surface area contributed by atoms with Crippen molar-refractivity contribution < 1.29 is 14.0 Å². The van der Waals surface area contributed by atoms with E-state index in [0.717, 1.165) is 16.7 Å².